The van der Waals surface area contributed by atoms with Gasteiger partial charge in [-0.1, -0.05) is 0 Å². The lowest BCUT2D eigenvalue weighted by molar-refractivity contribution is -0.171. The summed E-state index contributed by atoms with van der Waals surface area (Å²) < 4.78 is 6.97. The molecule has 1 fully saturated rings. The van der Waals surface area contributed by atoms with Gasteiger partial charge >= 0.3 is 0 Å². The van der Waals surface area contributed by atoms with E-state index in [0.717, 1.165) is 8.66 Å². The minimum absolute atomic E-state index is 0.0927. The van der Waals surface area contributed by atoms with E-state index in [2.05, 4.69) is 15.9 Å². The topological polar surface area (TPSA) is 29.5 Å². The Labute approximate surface area is 120 Å². The Bertz CT molecular complexity index is 451. The van der Waals surface area contributed by atoms with Crippen LogP contribution >= 0.6 is 27.3 Å². The van der Waals surface area contributed by atoms with Crippen LogP contribution in [-0.4, -0.2) is 35.1 Å². The van der Waals surface area contributed by atoms with Crippen LogP contribution in [-0.2, 0) is 4.74 Å². The zero-order valence-corrected chi connectivity index (χ0v) is 13.5. The van der Waals surface area contributed by atoms with Crippen LogP contribution in [0.2, 0.25) is 0 Å². The number of thiophene rings is 1. The molecule has 2 rings (SSSR count). The van der Waals surface area contributed by atoms with Gasteiger partial charge in [0.15, 0.2) is 0 Å². The van der Waals surface area contributed by atoms with Crippen molar-refractivity contribution >= 4 is 33.2 Å². The number of carbonyl (C=O) groups is 1. The van der Waals surface area contributed by atoms with Crippen molar-refractivity contribution in [2.24, 2.45) is 0 Å². The van der Waals surface area contributed by atoms with Crippen molar-refractivity contribution in [3.63, 3.8) is 0 Å². The number of rotatable bonds is 1. The van der Waals surface area contributed by atoms with Gasteiger partial charge in [-0.25, -0.2) is 0 Å². The summed E-state index contributed by atoms with van der Waals surface area (Å²) in [7, 11) is 0. The Morgan fingerprint density at radius 3 is 2.28 bits per heavy atom. The van der Waals surface area contributed by atoms with Gasteiger partial charge in [0.25, 0.3) is 5.91 Å². The van der Waals surface area contributed by atoms with Gasteiger partial charge in [0.1, 0.15) is 0 Å². The second kappa shape index (κ2) is 4.62. The zero-order valence-electron chi connectivity index (χ0n) is 11.1. The first-order valence-corrected chi connectivity index (χ1v) is 7.54. The van der Waals surface area contributed by atoms with Crippen molar-refractivity contribution in [2.75, 3.05) is 13.1 Å². The number of nitrogens with zero attached hydrogens (tertiary/aromatic N) is 1. The fourth-order valence-electron chi connectivity index (χ4n) is 2.52. The first-order chi connectivity index (χ1) is 8.19. The normalized spacial score (nSPS) is 21.9. The first kappa shape index (κ1) is 14.0. The molecule has 0 aliphatic carbocycles. The molecule has 1 aliphatic heterocycles. The first-order valence-electron chi connectivity index (χ1n) is 5.93. The highest BCUT2D eigenvalue weighted by Gasteiger charge is 2.40. The lowest BCUT2D eigenvalue weighted by Gasteiger charge is -2.47. The van der Waals surface area contributed by atoms with Crippen molar-refractivity contribution in [3.05, 3.63) is 20.8 Å². The van der Waals surface area contributed by atoms with E-state index in [1.165, 1.54) is 11.3 Å². The standard InChI is InChI=1S/C13H18BrNO2S/c1-12(2)7-15(8-13(3,4)17-12)11(16)9-5-6-10(14)18-9/h5-6H,7-8H2,1-4H3. The van der Waals surface area contributed by atoms with Crippen LogP contribution in [0.4, 0.5) is 0 Å². The van der Waals surface area contributed by atoms with Gasteiger partial charge in [0, 0.05) is 13.1 Å². The van der Waals surface area contributed by atoms with E-state index in [-0.39, 0.29) is 17.1 Å². The summed E-state index contributed by atoms with van der Waals surface area (Å²) >= 11 is 4.87. The SMILES string of the molecule is CC1(C)CN(C(=O)c2ccc(Br)s2)CC(C)(C)O1. The van der Waals surface area contributed by atoms with Crippen LogP contribution in [0, 0.1) is 0 Å². The number of ether oxygens (including phenoxy) is 1. The van der Waals surface area contributed by atoms with Gasteiger partial charge in [-0.05, 0) is 55.8 Å². The molecule has 1 saturated heterocycles. The number of halogens is 1. The molecule has 0 spiro atoms. The maximum absolute atomic E-state index is 12.4. The molecule has 0 atom stereocenters. The van der Waals surface area contributed by atoms with Crippen molar-refractivity contribution < 1.29 is 9.53 Å². The van der Waals surface area contributed by atoms with Crippen molar-refractivity contribution in [3.8, 4) is 0 Å². The third kappa shape index (κ3) is 3.13. The zero-order chi connectivity index (χ0) is 13.6. The van der Waals surface area contributed by atoms with Gasteiger partial charge < -0.3 is 9.64 Å². The summed E-state index contributed by atoms with van der Waals surface area (Å²) in [6, 6.07) is 3.78. The van der Waals surface area contributed by atoms with Crippen LogP contribution < -0.4 is 0 Å². The van der Waals surface area contributed by atoms with Crippen LogP contribution in [0.25, 0.3) is 0 Å². The van der Waals surface area contributed by atoms with E-state index >= 15 is 0 Å². The largest absolute Gasteiger partial charge is 0.366 e. The molecule has 0 radical (unpaired) electrons. The van der Waals surface area contributed by atoms with E-state index < -0.39 is 0 Å². The molecule has 100 valence electrons. The monoisotopic (exact) mass is 331 g/mol. The molecule has 0 unspecified atom stereocenters. The van der Waals surface area contributed by atoms with Crippen LogP contribution in [0.3, 0.4) is 0 Å². The number of morpholine rings is 1. The third-order valence-electron chi connectivity index (χ3n) is 2.77. The smallest absolute Gasteiger partial charge is 0.264 e. The molecule has 0 N–H and O–H groups in total. The number of hydrogen-bond acceptors (Lipinski definition) is 3. The molecule has 18 heavy (non-hydrogen) atoms. The molecule has 1 aromatic rings. The molecular weight excluding hydrogens is 314 g/mol. The minimum Gasteiger partial charge on any atom is -0.366 e. The van der Waals surface area contributed by atoms with Gasteiger partial charge in [-0.3, -0.25) is 4.79 Å². The Balaban J connectivity index is 2.20. The van der Waals surface area contributed by atoms with Crippen LogP contribution in [0.5, 0.6) is 0 Å². The fraction of sp³-hybridized carbons (Fsp3) is 0.615. The molecule has 5 heteroatoms. The van der Waals surface area contributed by atoms with Gasteiger partial charge in [0.05, 0.1) is 19.9 Å². The molecule has 0 aromatic carbocycles. The van der Waals surface area contributed by atoms with Crippen LogP contribution in [0.15, 0.2) is 15.9 Å². The number of amides is 1. The molecule has 3 nitrogen and oxygen atoms in total. The summed E-state index contributed by atoms with van der Waals surface area (Å²) in [4.78, 5) is 15.1. The fourth-order valence-corrected chi connectivity index (χ4v) is 3.87. The molecule has 0 bridgehead atoms. The van der Waals surface area contributed by atoms with Gasteiger partial charge in [-0.2, -0.15) is 0 Å². The number of hydrogen-bond donors (Lipinski definition) is 0. The molecule has 1 amide bonds. The second-order valence-corrected chi connectivity index (χ2v) is 8.35. The summed E-state index contributed by atoms with van der Waals surface area (Å²) in [5.74, 6) is 0.0927. The highest BCUT2D eigenvalue weighted by Crippen LogP contribution is 2.30. The summed E-state index contributed by atoms with van der Waals surface area (Å²) in [5.41, 5.74) is -0.599. The molecule has 0 saturated carbocycles. The van der Waals surface area contributed by atoms with Crippen molar-refractivity contribution in [2.45, 2.75) is 38.9 Å². The average Bonchev–Trinajstić information content (AvgIpc) is 2.58. The Morgan fingerprint density at radius 2 is 1.83 bits per heavy atom. The van der Waals surface area contributed by atoms with E-state index in [1.54, 1.807) is 0 Å². The average molecular weight is 332 g/mol. The maximum Gasteiger partial charge on any atom is 0.264 e. The summed E-state index contributed by atoms with van der Waals surface area (Å²) in [5, 5.41) is 0. The predicted molar refractivity (Wildman–Crippen MR) is 77.2 cm³/mol. The van der Waals surface area contributed by atoms with E-state index in [9.17, 15) is 4.79 Å². The molecule has 1 aliphatic rings. The van der Waals surface area contributed by atoms with Crippen LogP contribution in [0.1, 0.15) is 37.4 Å². The van der Waals surface area contributed by atoms with Gasteiger partial charge in [0.2, 0.25) is 0 Å². The van der Waals surface area contributed by atoms with Gasteiger partial charge in [-0.15, -0.1) is 11.3 Å². The molecule has 2 heterocycles. The maximum atomic E-state index is 12.4. The van der Waals surface area contributed by atoms with E-state index in [4.69, 9.17) is 4.74 Å². The highest BCUT2D eigenvalue weighted by atomic mass is 79.9. The Hall–Kier alpha value is -0.390. The summed E-state index contributed by atoms with van der Waals surface area (Å²) in [6.07, 6.45) is 0. The minimum atomic E-state index is -0.300. The Morgan fingerprint density at radius 1 is 1.28 bits per heavy atom. The highest BCUT2D eigenvalue weighted by molar-refractivity contribution is 9.11. The number of carbonyl (C=O) groups excluding carboxylic acids is 1. The summed E-state index contributed by atoms with van der Waals surface area (Å²) in [6.45, 7) is 9.36. The van der Waals surface area contributed by atoms with Crippen molar-refractivity contribution in [1.82, 2.24) is 4.90 Å². The Kier molecular flexibility index (Phi) is 3.60. The second-order valence-electron chi connectivity index (χ2n) is 5.89. The van der Waals surface area contributed by atoms with Crippen molar-refractivity contribution in [1.29, 1.82) is 0 Å². The van der Waals surface area contributed by atoms with E-state index in [1.807, 2.05) is 44.7 Å². The predicted octanol–water partition coefficient (Wildman–Crippen LogP) is 3.54. The third-order valence-corrected chi connectivity index (χ3v) is 4.38. The van der Waals surface area contributed by atoms with E-state index in [0.29, 0.717) is 13.1 Å². The molecule has 1 aromatic heterocycles. The lowest BCUT2D eigenvalue weighted by Crippen LogP contribution is -2.58. The quantitative estimate of drug-likeness (QED) is 0.787. The lowest BCUT2D eigenvalue weighted by atomic mass is 9.99. The molecular formula is C13H18BrNO2S.